The Labute approximate surface area is 120 Å². The molecule has 0 heterocycles. The Hall–Kier alpha value is -1.86. The second-order valence-corrected chi connectivity index (χ2v) is 4.10. The summed E-state index contributed by atoms with van der Waals surface area (Å²) in [6.07, 6.45) is -1.71. The van der Waals surface area contributed by atoms with Gasteiger partial charge in [-0.2, -0.15) is 8.78 Å². The molecule has 0 N–H and O–H groups in total. The highest BCUT2D eigenvalue weighted by Gasteiger charge is 2.42. The highest BCUT2D eigenvalue weighted by atomic mass is 19.3. The van der Waals surface area contributed by atoms with Crippen LogP contribution in [0.15, 0.2) is 25.3 Å². The van der Waals surface area contributed by atoms with Crippen molar-refractivity contribution in [1.29, 1.82) is 0 Å². The fourth-order valence-electron chi connectivity index (χ4n) is 1.27. The molecule has 0 saturated carbocycles. The molecule has 0 aliphatic rings. The maximum Gasteiger partial charge on any atom is 0.340 e. The summed E-state index contributed by atoms with van der Waals surface area (Å²) in [6, 6.07) is 0. The van der Waals surface area contributed by atoms with Crippen molar-refractivity contribution in [2.24, 2.45) is 0 Å². The summed E-state index contributed by atoms with van der Waals surface area (Å²) in [5, 5.41) is 0. The Kier molecular flexibility index (Phi) is 8.34. The number of halogens is 4. The van der Waals surface area contributed by atoms with Gasteiger partial charge in [-0.1, -0.05) is 12.2 Å². The van der Waals surface area contributed by atoms with Gasteiger partial charge in [-0.15, -0.1) is 13.2 Å². The highest BCUT2D eigenvalue weighted by Crippen LogP contribution is 2.23. The fraction of sp³-hybridized carbons (Fsp3) is 0.538. The van der Waals surface area contributed by atoms with Gasteiger partial charge in [0.2, 0.25) is 5.91 Å². The number of carbonyl (C=O) groups is 2. The van der Waals surface area contributed by atoms with Crippen molar-refractivity contribution in [1.82, 2.24) is 4.90 Å². The monoisotopic (exact) mass is 311 g/mol. The summed E-state index contributed by atoms with van der Waals surface area (Å²) in [6.45, 7) is 5.69. The minimum atomic E-state index is -4.39. The first kappa shape index (κ1) is 19.1. The zero-order chi connectivity index (χ0) is 16.5. The van der Waals surface area contributed by atoms with Crippen LogP contribution in [0, 0.1) is 0 Å². The molecular formula is C13H17F4NO3. The second-order valence-electron chi connectivity index (χ2n) is 4.10. The SMILES string of the molecule is C=CCN(CC=C)C(=O)CCC(=O)OCC(F)(F)C(F)F. The van der Waals surface area contributed by atoms with Crippen LogP contribution in [0.2, 0.25) is 0 Å². The number of alkyl halides is 4. The van der Waals surface area contributed by atoms with Crippen LogP contribution in [0.4, 0.5) is 17.6 Å². The van der Waals surface area contributed by atoms with Crippen LogP contribution in [0.1, 0.15) is 12.8 Å². The lowest BCUT2D eigenvalue weighted by atomic mass is 10.2. The van der Waals surface area contributed by atoms with Crippen molar-refractivity contribution < 1.29 is 31.9 Å². The van der Waals surface area contributed by atoms with Crippen molar-refractivity contribution in [3.8, 4) is 0 Å². The number of hydrogen-bond donors (Lipinski definition) is 0. The van der Waals surface area contributed by atoms with Crippen LogP contribution in [-0.2, 0) is 14.3 Å². The van der Waals surface area contributed by atoms with E-state index in [1.807, 2.05) is 0 Å². The molecule has 21 heavy (non-hydrogen) atoms. The number of ether oxygens (including phenoxy) is 1. The number of amides is 1. The minimum absolute atomic E-state index is 0.239. The Morgan fingerprint density at radius 2 is 1.67 bits per heavy atom. The van der Waals surface area contributed by atoms with Gasteiger partial charge >= 0.3 is 18.3 Å². The molecule has 0 aromatic rings. The molecule has 1 amide bonds. The molecule has 0 rings (SSSR count). The van der Waals surface area contributed by atoms with E-state index in [9.17, 15) is 27.2 Å². The molecule has 0 radical (unpaired) electrons. The number of nitrogens with zero attached hydrogens (tertiary/aromatic N) is 1. The standard InChI is InChI=1S/C13H17F4NO3/c1-3-7-18(8-4-2)10(19)5-6-11(20)21-9-13(16,17)12(14)15/h3-4,12H,1-2,5-9H2. The largest absolute Gasteiger partial charge is 0.459 e. The maximum absolute atomic E-state index is 12.5. The van der Waals surface area contributed by atoms with E-state index >= 15 is 0 Å². The average molecular weight is 311 g/mol. The molecule has 4 nitrogen and oxygen atoms in total. The molecule has 0 aromatic heterocycles. The first-order valence-corrected chi connectivity index (χ1v) is 6.05. The number of esters is 1. The van der Waals surface area contributed by atoms with E-state index in [2.05, 4.69) is 17.9 Å². The number of hydrogen-bond acceptors (Lipinski definition) is 3. The normalized spacial score (nSPS) is 11.1. The third-order valence-corrected chi connectivity index (χ3v) is 2.34. The van der Waals surface area contributed by atoms with Gasteiger partial charge in [0.05, 0.1) is 6.42 Å². The molecular weight excluding hydrogens is 294 g/mol. The Bertz CT molecular complexity index is 376. The summed E-state index contributed by atoms with van der Waals surface area (Å²) >= 11 is 0. The lowest BCUT2D eigenvalue weighted by Crippen LogP contribution is -2.34. The van der Waals surface area contributed by atoms with Crippen LogP contribution in [-0.4, -0.2) is 48.8 Å². The zero-order valence-corrected chi connectivity index (χ0v) is 11.4. The molecule has 0 fully saturated rings. The van der Waals surface area contributed by atoms with Crippen LogP contribution in [0.5, 0.6) is 0 Å². The van der Waals surface area contributed by atoms with Gasteiger partial charge in [0.1, 0.15) is 0 Å². The second kappa shape index (κ2) is 9.15. The minimum Gasteiger partial charge on any atom is -0.459 e. The summed E-state index contributed by atoms with van der Waals surface area (Å²) in [4.78, 5) is 24.2. The lowest BCUT2D eigenvalue weighted by molar-refractivity contribution is -0.179. The molecule has 120 valence electrons. The van der Waals surface area contributed by atoms with Crippen LogP contribution >= 0.6 is 0 Å². The van der Waals surface area contributed by atoms with E-state index in [0.29, 0.717) is 0 Å². The van der Waals surface area contributed by atoms with Gasteiger partial charge in [-0.05, 0) is 0 Å². The fourth-order valence-corrected chi connectivity index (χ4v) is 1.27. The zero-order valence-electron chi connectivity index (χ0n) is 11.4. The van der Waals surface area contributed by atoms with Gasteiger partial charge in [-0.25, -0.2) is 8.78 Å². The third-order valence-electron chi connectivity index (χ3n) is 2.34. The Balaban J connectivity index is 4.20. The summed E-state index contributed by atoms with van der Waals surface area (Å²) in [5.41, 5.74) is 0. The lowest BCUT2D eigenvalue weighted by Gasteiger charge is -2.19. The first-order valence-electron chi connectivity index (χ1n) is 6.05. The predicted octanol–water partition coefficient (Wildman–Crippen LogP) is 2.41. The maximum atomic E-state index is 12.5. The van der Waals surface area contributed by atoms with E-state index in [1.54, 1.807) is 0 Å². The van der Waals surface area contributed by atoms with Gasteiger partial charge in [0.15, 0.2) is 6.61 Å². The molecule has 0 aliphatic carbocycles. The van der Waals surface area contributed by atoms with E-state index in [0.717, 1.165) is 0 Å². The topological polar surface area (TPSA) is 46.6 Å². The van der Waals surface area contributed by atoms with Crippen LogP contribution in [0.25, 0.3) is 0 Å². The average Bonchev–Trinajstić information content (AvgIpc) is 2.42. The van der Waals surface area contributed by atoms with Crippen molar-refractivity contribution in [3.63, 3.8) is 0 Å². The quantitative estimate of drug-likeness (QED) is 0.354. The summed E-state index contributed by atoms with van der Waals surface area (Å²) in [5.74, 6) is -5.95. The Morgan fingerprint density at radius 3 is 2.10 bits per heavy atom. The molecule has 0 spiro atoms. The van der Waals surface area contributed by atoms with Crippen LogP contribution in [0.3, 0.4) is 0 Å². The third kappa shape index (κ3) is 7.48. The van der Waals surface area contributed by atoms with Gasteiger partial charge in [0, 0.05) is 19.5 Å². The molecule has 8 heteroatoms. The molecule has 0 bridgehead atoms. The smallest absolute Gasteiger partial charge is 0.340 e. The molecule has 0 aliphatic heterocycles. The molecule has 0 unspecified atom stereocenters. The van der Waals surface area contributed by atoms with Gasteiger partial charge in [0.25, 0.3) is 0 Å². The van der Waals surface area contributed by atoms with E-state index < -0.39 is 37.3 Å². The first-order chi connectivity index (χ1) is 9.74. The summed E-state index contributed by atoms with van der Waals surface area (Å²) < 4.78 is 52.7. The molecule has 0 saturated heterocycles. The van der Waals surface area contributed by atoms with Crippen LogP contribution < -0.4 is 0 Å². The predicted molar refractivity (Wildman–Crippen MR) is 68.1 cm³/mol. The Morgan fingerprint density at radius 1 is 1.14 bits per heavy atom. The van der Waals surface area contributed by atoms with E-state index in [1.165, 1.54) is 17.1 Å². The van der Waals surface area contributed by atoms with Crippen molar-refractivity contribution in [2.75, 3.05) is 19.7 Å². The van der Waals surface area contributed by atoms with Gasteiger partial charge < -0.3 is 9.64 Å². The summed E-state index contributed by atoms with van der Waals surface area (Å²) in [7, 11) is 0. The highest BCUT2D eigenvalue weighted by molar-refractivity contribution is 5.81. The van der Waals surface area contributed by atoms with E-state index in [4.69, 9.17) is 0 Å². The number of rotatable bonds is 10. The van der Waals surface area contributed by atoms with E-state index in [-0.39, 0.29) is 19.5 Å². The van der Waals surface area contributed by atoms with Crippen molar-refractivity contribution in [3.05, 3.63) is 25.3 Å². The van der Waals surface area contributed by atoms with Crippen molar-refractivity contribution >= 4 is 11.9 Å². The van der Waals surface area contributed by atoms with Gasteiger partial charge in [-0.3, -0.25) is 9.59 Å². The number of carbonyl (C=O) groups excluding carboxylic acids is 2. The molecule has 0 atom stereocenters. The molecule has 0 aromatic carbocycles. The van der Waals surface area contributed by atoms with Crippen molar-refractivity contribution in [2.45, 2.75) is 25.2 Å².